The van der Waals surface area contributed by atoms with E-state index in [9.17, 15) is 23.5 Å². The van der Waals surface area contributed by atoms with Crippen LogP contribution in [0.2, 0.25) is 0 Å². The Kier molecular flexibility index (Phi) is 5.35. The molecule has 4 N–H and O–H groups in total. The topological polar surface area (TPSA) is 113 Å². The third-order valence-electron chi connectivity index (χ3n) is 5.26. The maximum Gasteiger partial charge on any atom is 0.341 e. The number of aryl methyl sites for hydroxylation is 1. The predicted molar refractivity (Wildman–Crippen MR) is 109 cm³/mol. The van der Waals surface area contributed by atoms with E-state index in [-0.39, 0.29) is 23.6 Å². The van der Waals surface area contributed by atoms with E-state index < -0.39 is 29.5 Å². The number of nitrogens with two attached hydrogens (primary N) is 1. The molecule has 3 aromatic rings. The zero-order chi connectivity index (χ0) is 21.4. The predicted octanol–water partition coefficient (Wildman–Crippen LogP) is 1.09. The zero-order valence-electron chi connectivity index (χ0n) is 16.1. The van der Waals surface area contributed by atoms with Crippen LogP contribution in [0, 0.1) is 5.82 Å². The molecule has 1 fully saturated rings. The fraction of sp³-hybridized carbons (Fsp3) is 0.350. The monoisotopic (exact) mass is 417 g/mol. The lowest BCUT2D eigenvalue weighted by Gasteiger charge is -2.41. The summed E-state index contributed by atoms with van der Waals surface area (Å²) < 4.78 is 29.1. The van der Waals surface area contributed by atoms with Crippen molar-refractivity contribution in [2.75, 3.05) is 37.8 Å². The Morgan fingerprint density at radius 1 is 1.33 bits per heavy atom. The van der Waals surface area contributed by atoms with Crippen LogP contribution in [-0.2, 0) is 6.54 Å². The first-order chi connectivity index (χ1) is 14.4. The van der Waals surface area contributed by atoms with Gasteiger partial charge in [-0.05, 0) is 18.2 Å². The van der Waals surface area contributed by atoms with Crippen LogP contribution in [-0.4, -0.2) is 59.5 Å². The van der Waals surface area contributed by atoms with Crippen molar-refractivity contribution >= 4 is 33.6 Å². The van der Waals surface area contributed by atoms with Crippen LogP contribution in [0.5, 0.6) is 0 Å². The SMILES string of the molecule is NCCNC1CN(c2cc3nc4c(cc3cc2F)c(=O)c(C(=O)O)cn4CCF)C1. The molecular formula is C20H21F2N5O3. The second-order valence-electron chi connectivity index (χ2n) is 7.26. The molecule has 0 amide bonds. The molecule has 1 aromatic carbocycles. The number of pyridine rings is 2. The van der Waals surface area contributed by atoms with Crippen LogP contribution in [0.1, 0.15) is 10.4 Å². The van der Waals surface area contributed by atoms with Gasteiger partial charge in [-0.3, -0.25) is 4.79 Å². The van der Waals surface area contributed by atoms with Gasteiger partial charge >= 0.3 is 5.97 Å². The minimum Gasteiger partial charge on any atom is -0.477 e. The molecule has 0 bridgehead atoms. The van der Waals surface area contributed by atoms with E-state index in [4.69, 9.17) is 5.73 Å². The average Bonchev–Trinajstić information content (AvgIpc) is 2.68. The maximum atomic E-state index is 14.7. The Morgan fingerprint density at radius 3 is 2.77 bits per heavy atom. The molecule has 10 heteroatoms. The summed E-state index contributed by atoms with van der Waals surface area (Å²) in [6.45, 7) is 1.58. The van der Waals surface area contributed by atoms with Crippen LogP contribution in [0.25, 0.3) is 21.9 Å². The van der Waals surface area contributed by atoms with Crippen molar-refractivity contribution in [3.8, 4) is 0 Å². The molecule has 4 rings (SSSR count). The van der Waals surface area contributed by atoms with Gasteiger partial charge in [0.05, 0.1) is 23.1 Å². The van der Waals surface area contributed by atoms with Gasteiger partial charge in [-0.15, -0.1) is 0 Å². The number of hydrogen-bond donors (Lipinski definition) is 3. The summed E-state index contributed by atoms with van der Waals surface area (Å²) in [5.41, 5.74) is 5.26. The summed E-state index contributed by atoms with van der Waals surface area (Å²) >= 11 is 0. The van der Waals surface area contributed by atoms with Gasteiger partial charge in [0.1, 0.15) is 23.7 Å². The van der Waals surface area contributed by atoms with Gasteiger partial charge < -0.3 is 25.6 Å². The number of alkyl halides is 1. The number of anilines is 1. The van der Waals surface area contributed by atoms with E-state index in [1.165, 1.54) is 16.7 Å². The zero-order valence-corrected chi connectivity index (χ0v) is 16.1. The third-order valence-corrected chi connectivity index (χ3v) is 5.26. The van der Waals surface area contributed by atoms with Crippen molar-refractivity contribution < 1.29 is 18.7 Å². The number of aromatic nitrogens is 2. The molecule has 30 heavy (non-hydrogen) atoms. The van der Waals surface area contributed by atoms with E-state index >= 15 is 0 Å². The van der Waals surface area contributed by atoms with Crippen molar-refractivity contribution in [3.63, 3.8) is 0 Å². The number of nitrogens with zero attached hydrogens (tertiary/aromatic N) is 3. The number of fused-ring (bicyclic) bond motifs is 2. The van der Waals surface area contributed by atoms with E-state index in [1.807, 2.05) is 4.90 Å². The van der Waals surface area contributed by atoms with Gasteiger partial charge in [-0.25, -0.2) is 18.6 Å². The highest BCUT2D eigenvalue weighted by molar-refractivity contribution is 5.96. The van der Waals surface area contributed by atoms with Gasteiger partial charge in [0.2, 0.25) is 5.43 Å². The summed E-state index contributed by atoms with van der Waals surface area (Å²) in [7, 11) is 0. The van der Waals surface area contributed by atoms with Crippen molar-refractivity contribution in [2.24, 2.45) is 5.73 Å². The Balaban J connectivity index is 1.80. The largest absolute Gasteiger partial charge is 0.477 e. The van der Waals surface area contributed by atoms with Gasteiger partial charge in [0.15, 0.2) is 0 Å². The van der Waals surface area contributed by atoms with Crippen molar-refractivity contribution in [2.45, 2.75) is 12.6 Å². The second-order valence-corrected chi connectivity index (χ2v) is 7.26. The molecule has 158 valence electrons. The van der Waals surface area contributed by atoms with Gasteiger partial charge in [0.25, 0.3) is 0 Å². The summed E-state index contributed by atoms with van der Waals surface area (Å²) in [5.74, 6) is -1.87. The highest BCUT2D eigenvalue weighted by atomic mass is 19.1. The number of hydrogen-bond acceptors (Lipinski definition) is 6. The lowest BCUT2D eigenvalue weighted by atomic mass is 10.1. The molecule has 1 aliphatic rings. The van der Waals surface area contributed by atoms with E-state index in [2.05, 4.69) is 10.3 Å². The van der Waals surface area contributed by atoms with Gasteiger partial charge in [0, 0.05) is 43.8 Å². The van der Waals surface area contributed by atoms with Crippen molar-refractivity contribution in [1.29, 1.82) is 0 Å². The molecule has 0 saturated carbocycles. The minimum atomic E-state index is -1.41. The van der Waals surface area contributed by atoms with Gasteiger partial charge in [-0.2, -0.15) is 0 Å². The molecule has 1 aliphatic heterocycles. The van der Waals surface area contributed by atoms with E-state index in [0.29, 0.717) is 42.8 Å². The number of halogens is 2. The van der Waals surface area contributed by atoms with Gasteiger partial charge in [-0.1, -0.05) is 0 Å². The smallest absolute Gasteiger partial charge is 0.341 e. The molecular weight excluding hydrogens is 396 g/mol. The number of aromatic carboxylic acids is 1. The molecule has 0 spiro atoms. The summed E-state index contributed by atoms with van der Waals surface area (Å²) in [4.78, 5) is 30.3. The molecule has 0 radical (unpaired) electrons. The highest BCUT2D eigenvalue weighted by Crippen LogP contribution is 2.29. The Morgan fingerprint density at radius 2 is 2.10 bits per heavy atom. The molecule has 8 nitrogen and oxygen atoms in total. The molecule has 0 atom stereocenters. The van der Waals surface area contributed by atoms with Crippen LogP contribution in [0.4, 0.5) is 14.5 Å². The standard InChI is InChI=1S/C20H21F2N5O3/c21-1-4-26-10-14(20(29)30)18(28)13-5-11-6-15(22)17(7-16(11)25-19(13)26)27-8-12(9-27)24-3-2-23/h5-7,10,12,24H,1-4,8-9,23H2,(H,29,30). The molecule has 0 unspecified atom stereocenters. The lowest BCUT2D eigenvalue weighted by molar-refractivity contribution is 0.0694. The van der Waals surface area contributed by atoms with E-state index in [1.54, 1.807) is 6.07 Å². The fourth-order valence-corrected chi connectivity index (χ4v) is 3.73. The van der Waals surface area contributed by atoms with Crippen molar-refractivity contribution in [3.05, 3.63) is 46.0 Å². The Hall–Kier alpha value is -3.11. The first-order valence-electron chi connectivity index (χ1n) is 9.58. The van der Waals surface area contributed by atoms with Crippen LogP contribution < -0.4 is 21.4 Å². The Labute approximate surface area is 169 Å². The second kappa shape index (κ2) is 7.96. The normalized spacial score (nSPS) is 14.4. The minimum absolute atomic E-state index is 0.0120. The Bertz CT molecular complexity index is 1190. The summed E-state index contributed by atoms with van der Waals surface area (Å²) in [6.07, 6.45) is 1.10. The number of carbonyl (C=O) groups is 1. The maximum absolute atomic E-state index is 14.7. The van der Waals surface area contributed by atoms with E-state index in [0.717, 1.165) is 6.20 Å². The lowest BCUT2D eigenvalue weighted by Crippen LogP contribution is -2.59. The fourth-order valence-electron chi connectivity index (χ4n) is 3.73. The first kappa shape index (κ1) is 20.2. The number of carboxylic acids is 1. The summed E-state index contributed by atoms with van der Waals surface area (Å²) in [5, 5.41) is 12.9. The molecule has 1 saturated heterocycles. The highest BCUT2D eigenvalue weighted by Gasteiger charge is 2.28. The average molecular weight is 417 g/mol. The van der Waals surface area contributed by atoms with Crippen LogP contribution in [0.3, 0.4) is 0 Å². The first-order valence-corrected chi connectivity index (χ1v) is 9.58. The number of carboxylic acid groups (broad SMARTS) is 1. The van der Waals surface area contributed by atoms with Crippen LogP contribution in [0.15, 0.2) is 29.2 Å². The van der Waals surface area contributed by atoms with Crippen LogP contribution >= 0.6 is 0 Å². The third kappa shape index (κ3) is 3.48. The number of nitrogens with one attached hydrogen (secondary N) is 1. The molecule has 0 aliphatic carbocycles. The quantitative estimate of drug-likeness (QED) is 0.493. The molecule has 3 heterocycles. The molecule has 2 aromatic heterocycles. The summed E-state index contributed by atoms with van der Waals surface area (Å²) in [6, 6.07) is 4.52. The number of rotatable bonds is 7. The van der Waals surface area contributed by atoms with Crippen molar-refractivity contribution in [1.82, 2.24) is 14.9 Å². The number of benzene rings is 1.